The molecule has 84 valence electrons. The van der Waals surface area contributed by atoms with Crippen LogP contribution in [0.2, 0.25) is 0 Å². The van der Waals surface area contributed by atoms with Gasteiger partial charge in [0.1, 0.15) is 5.75 Å². The van der Waals surface area contributed by atoms with E-state index in [-0.39, 0.29) is 0 Å². The van der Waals surface area contributed by atoms with Crippen LogP contribution >= 0.6 is 15.9 Å². The molecule has 0 atom stereocenters. The molecule has 15 heavy (non-hydrogen) atoms. The monoisotopic (exact) mass is 290 g/mol. The van der Waals surface area contributed by atoms with Crippen LogP contribution in [-0.4, -0.2) is 5.11 Å². The van der Waals surface area contributed by atoms with Gasteiger partial charge in [0.25, 0.3) is 6.43 Å². The van der Waals surface area contributed by atoms with E-state index >= 15 is 0 Å². The Morgan fingerprint density at radius 1 is 1.20 bits per heavy atom. The topological polar surface area (TPSA) is 20.2 Å². The Hall–Kier alpha value is -0.850. The second-order valence-corrected chi connectivity index (χ2v) is 3.46. The van der Waals surface area contributed by atoms with Crippen molar-refractivity contribution in [2.45, 2.75) is 12.6 Å². The highest BCUT2D eigenvalue weighted by Gasteiger charge is 2.35. The second-order valence-electron chi connectivity index (χ2n) is 2.66. The lowest BCUT2D eigenvalue weighted by atomic mass is 10.1. The molecule has 0 aliphatic heterocycles. The van der Waals surface area contributed by atoms with Gasteiger partial charge in [0.15, 0.2) is 0 Å². The molecule has 1 N–H and O–H groups in total. The minimum absolute atomic E-state index is 0.418. The van der Waals surface area contributed by atoms with E-state index in [1.807, 2.05) is 0 Å². The van der Waals surface area contributed by atoms with Gasteiger partial charge in [0.2, 0.25) is 0 Å². The minimum Gasteiger partial charge on any atom is -0.506 e. The summed E-state index contributed by atoms with van der Waals surface area (Å²) in [4.78, 5) is 0. The quantitative estimate of drug-likeness (QED) is 0.772. The summed E-state index contributed by atoms with van der Waals surface area (Å²) in [5.74, 6) is -1.22. The molecule has 0 spiro atoms. The van der Waals surface area contributed by atoms with Crippen LogP contribution in [0.1, 0.15) is 17.6 Å². The maximum Gasteiger partial charge on any atom is 0.419 e. The van der Waals surface area contributed by atoms with Gasteiger partial charge in [0, 0.05) is 5.56 Å². The molecule has 0 amide bonds. The van der Waals surface area contributed by atoms with Crippen LogP contribution in [0.3, 0.4) is 0 Å². The highest BCUT2D eigenvalue weighted by atomic mass is 79.9. The van der Waals surface area contributed by atoms with E-state index in [4.69, 9.17) is 5.11 Å². The van der Waals surface area contributed by atoms with Gasteiger partial charge < -0.3 is 5.11 Å². The van der Waals surface area contributed by atoms with Gasteiger partial charge in [-0.25, -0.2) is 8.78 Å². The normalized spacial score (nSPS) is 12.2. The third-order valence-corrected chi connectivity index (χ3v) is 2.52. The lowest BCUT2D eigenvalue weighted by Gasteiger charge is -2.12. The molecule has 1 rings (SSSR count). The van der Waals surface area contributed by atoms with Gasteiger partial charge in [0.05, 0.1) is 10.0 Å². The average Bonchev–Trinajstić information content (AvgIpc) is 2.06. The molecule has 0 unspecified atom stereocenters. The summed E-state index contributed by atoms with van der Waals surface area (Å²) < 4.78 is 60.4. The first-order valence-electron chi connectivity index (χ1n) is 3.62. The molecule has 0 saturated carbocycles. The zero-order valence-electron chi connectivity index (χ0n) is 6.95. The van der Waals surface area contributed by atoms with Crippen LogP contribution < -0.4 is 0 Å². The Kier molecular flexibility index (Phi) is 3.22. The Balaban J connectivity index is 3.34. The number of phenols is 1. The maximum atomic E-state index is 12.2. The molecule has 0 heterocycles. The lowest BCUT2D eigenvalue weighted by Crippen LogP contribution is -2.06. The zero-order chi connectivity index (χ0) is 11.8. The Morgan fingerprint density at radius 3 is 2.13 bits per heavy atom. The van der Waals surface area contributed by atoms with E-state index in [0.29, 0.717) is 12.1 Å². The molecule has 1 aromatic carbocycles. The van der Waals surface area contributed by atoms with Gasteiger partial charge in [-0.15, -0.1) is 0 Å². The minimum atomic E-state index is -4.77. The molecular weight excluding hydrogens is 287 g/mol. The van der Waals surface area contributed by atoms with Crippen LogP contribution in [0.5, 0.6) is 5.75 Å². The molecule has 0 radical (unpaired) electrons. The number of hydrogen-bond donors (Lipinski definition) is 1. The Bertz CT molecular complexity index is 374. The summed E-state index contributed by atoms with van der Waals surface area (Å²) in [6.45, 7) is 0. The van der Waals surface area contributed by atoms with Crippen molar-refractivity contribution in [1.82, 2.24) is 0 Å². The molecule has 1 nitrogen and oxygen atoms in total. The van der Waals surface area contributed by atoms with E-state index in [0.717, 1.165) is 0 Å². The molecule has 0 bridgehead atoms. The highest BCUT2D eigenvalue weighted by Crippen LogP contribution is 2.43. The fourth-order valence-electron chi connectivity index (χ4n) is 0.977. The van der Waals surface area contributed by atoms with Gasteiger partial charge in [-0.05, 0) is 22.0 Å². The summed E-state index contributed by atoms with van der Waals surface area (Å²) in [6, 6.07) is 1.04. The largest absolute Gasteiger partial charge is 0.506 e. The Morgan fingerprint density at radius 2 is 1.73 bits per heavy atom. The molecule has 0 fully saturated rings. The standard InChI is InChI=1S/C8H4BrF5O/c9-5-3(7(10)11)1-2-4(6(5)15)8(12,13)14/h1-2,7,15H. The Labute approximate surface area is 89.7 Å². The smallest absolute Gasteiger partial charge is 0.419 e. The zero-order valence-corrected chi connectivity index (χ0v) is 8.53. The number of benzene rings is 1. The molecule has 0 aliphatic carbocycles. The van der Waals surface area contributed by atoms with Crippen LogP contribution in [0, 0.1) is 0 Å². The van der Waals surface area contributed by atoms with Crippen LogP contribution in [0.25, 0.3) is 0 Å². The van der Waals surface area contributed by atoms with Gasteiger partial charge in [-0.2, -0.15) is 13.2 Å². The fourth-order valence-corrected chi connectivity index (χ4v) is 1.50. The number of halogens is 6. The number of hydrogen-bond acceptors (Lipinski definition) is 1. The maximum absolute atomic E-state index is 12.2. The van der Waals surface area contributed by atoms with E-state index in [9.17, 15) is 22.0 Å². The summed E-state index contributed by atoms with van der Waals surface area (Å²) >= 11 is 2.49. The van der Waals surface area contributed by atoms with Crippen molar-refractivity contribution in [3.63, 3.8) is 0 Å². The third kappa shape index (κ3) is 2.39. The summed E-state index contributed by atoms with van der Waals surface area (Å²) in [5, 5.41) is 9.06. The van der Waals surface area contributed by atoms with Crippen molar-refractivity contribution >= 4 is 15.9 Å². The lowest BCUT2D eigenvalue weighted by molar-refractivity contribution is -0.138. The van der Waals surface area contributed by atoms with Gasteiger partial charge in [-0.1, -0.05) is 6.07 Å². The molecule has 0 aromatic heterocycles. The van der Waals surface area contributed by atoms with Crippen molar-refractivity contribution in [2.75, 3.05) is 0 Å². The van der Waals surface area contributed by atoms with E-state index < -0.39 is 34.0 Å². The van der Waals surface area contributed by atoms with Crippen molar-refractivity contribution < 1.29 is 27.1 Å². The predicted molar refractivity (Wildman–Crippen MR) is 45.8 cm³/mol. The second kappa shape index (κ2) is 3.96. The number of aromatic hydroxyl groups is 1. The van der Waals surface area contributed by atoms with Crippen molar-refractivity contribution in [3.8, 4) is 5.75 Å². The van der Waals surface area contributed by atoms with Gasteiger partial charge >= 0.3 is 6.18 Å². The van der Waals surface area contributed by atoms with Crippen LogP contribution in [0.4, 0.5) is 22.0 Å². The van der Waals surface area contributed by atoms with Gasteiger partial charge in [-0.3, -0.25) is 0 Å². The summed E-state index contributed by atoms with van der Waals surface area (Å²) in [7, 11) is 0. The van der Waals surface area contributed by atoms with E-state index in [2.05, 4.69) is 15.9 Å². The highest BCUT2D eigenvalue weighted by molar-refractivity contribution is 9.10. The number of alkyl halides is 5. The molecule has 0 saturated heterocycles. The molecule has 0 aliphatic rings. The van der Waals surface area contributed by atoms with E-state index in [1.54, 1.807) is 0 Å². The predicted octanol–water partition coefficient (Wildman–Crippen LogP) is 4.11. The van der Waals surface area contributed by atoms with Crippen molar-refractivity contribution in [2.24, 2.45) is 0 Å². The number of rotatable bonds is 1. The SMILES string of the molecule is Oc1c(C(F)(F)F)ccc(C(F)F)c1Br. The van der Waals surface area contributed by atoms with E-state index in [1.165, 1.54) is 0 Å². The van der Waals surface area contributed by atoms with Crippen LogP contribution in [0.15, 0.2) is 16.6 Å². The average molecular weight is 291 g/mol. The first-order chi connectivity index (χ1) is 6.75. The van der Waals surface area contributed by atoms with Crippen molar-refractivity contribution in [1.29, 1.82) is 0 Å². The number of phenolic OH excluding ortho intramolecular Hbond substituents is 1. The first-order valence-corrected chi connectivity index (χ1v) is 4.41. The first kappa shape index (κ1) is 12.2. The fraction of sp³-hybridized carbons (Fsp3) is 0.250. The summed E-state index contributed by atoms with van der Waals surface area (Å²) in [6.07, 6.45) is -7.72. The molecule has 7 heteroatoms. The van der Waals surface area contributed by atoms with Crippen LogP contribution in [-0.2, 0) is 6.18 Å². The molecule has 1 aromatic rings. The molecular formula is C8H4BrF5O. The third-order valence-electron chi connectivity index (χ3n) is 1.69. The van der Waals surface area contributed by atoms with Crippen molar-refractivity contribution in [3.05, 3.63) is 27.7 Å². The summed E-state index contributed by atoms with van der Waals surface area (Å²) in [5.41, 5.74) is -2.03.